The summed E-state index contributed by atoms with van der Waals surface area (Å²) in [4.78, 5) is 0. The highest BCUT2D eigenvalue weighted by atomic mass is 16.4. The lowest BCUT2D eigenvalue weighted by Crippen LogP contribution is -2.56. The number of para-hydroxylation sites is 2. The number of rotatable bonds is 3. The summed E-state index contributed by atoms with van der Waals surface area (Å²) in [6.45, 7) is 0. The van der Waals surface area contributed by atoms with Gasteiger partial charge in [0.05, 0.1) is 27.5 Å². The monoisotopic (exact) mass is 710 g/mol. The first-order valence-electron chi connectivity index (χ1n) is 18.4. The second-order valence-corrected chi connectivity index (χ2v) is 15.0. The number of hydrogen-bond acceptors (Lipinski definition) is 5. The molecule has 0 bridgehead atoms. The Morgan fingerprint density at radius 1 is 0.418 bits per heavy atom. The molecule has 0 fully saturated rings. The Hall–Kier alpha value is -6.47. The standard InChI is InChI=1S/C42H32B6N2O5/c43-33-27(15-29(52)41-31(33)32-40(54)28(51)16-30(53)42(32)55-41)49-23-7-3-1-5-19(23)21-13-17(9-11-25(21)49)18-10-12-26-22(14-18)20-6-2-4-8-24(20)50(26)39-37(47)35(45)34(44)36(46)38(39)48/h1-16,51-54H,43-48H2. The van der Waals surface area contributed by atoms with Crippen molar-refractivity contribution in [3.05, 3.63) is 97.1 Å². The van der Waals surface area contributed by atoms with Crippen LogP contribution >= 0.6 is 0 Å². The lowest BCUT2D eigenvalue weighted by molar-refractivity contribution is 0.400. The molecule has 13 heteroatoms. The molecule has 7 aromatic carbocycles. The average molecular weight is 710 g/mol. The fraction of sp³-hybridized carbons (Fsp3) is 0. The smallest absolute Gasteiger partial charge is 0.181 e. The van der Waals surface area contributed by atoms with Crippen molar-refractivity contribution in [3.8, 4) is 45.5 Å². The molecule has 0 saturated carbocycles. The molecule has 55 heavy (non-hydrogen) atoms. The van der Waals surface area contributed by atoms with E-state index < -0.39 is 11.5 Å². The predicted molar refractivity (Wildman–Crippen MR) is 244 cm³/mol. The molecule has 4 N–H and O–H groups in total. The summed E-state index contributed by atoms with van der Waals surface area (Å²) < 4.78 is 10.4. The van der Waals surface area contributed by atoms with Crippen molar-refractivity contribution in [2.24, 2.45) is 0 Å². The van der Waals surface area contributed by atoms with Crippen molar-refractivity contribution >= 4 is 145 Å². The van der Waals surface area contributed by atoms with Crippen LogP contribution in [0.15, 0.2) is 101 Å². The Kier molecular flexibility index (Phi) is 6.94. The Labute approximate surface area is 320 Å². The molecule has 0 unspecified atom stereocenters. The van der Waals surface area contributed by atoms with Crippen LogP contribution < -0.4 is 32.8 Å². The number of aromatic hydroxyl groups is 4. The molecule has 3 aromatic heterocycles. The van der Waals surface area contributed by atoms with Gasteiger partial charge in [-0.1, -0.05) is 75.8 Å². The normalized spacial score (nSPS) is 12.0. The van der Waals surface area contributed by atoms with Gasteiger partial charge in [-0.15, -0.1) is 5.46 Å². The fourth-order valence-corrected chi connectivity index (χ4v) is 9.05. The Balaban J connectivity index is 1.20. The quantitative estimate of drug-likeness (QED) is 0.116. The van der Waals surface area contributed by atoms with Crippen LogP contribution in [0.2, 0.25) is 0 Å². The van der Waals surface area contributed by atoms with Gasteiger partial charge in [-0.05, 0) is 47.5 Å². The predicted octanol–water partition coefficient (Wildman–Crippen LogP) is -0.180. The topological polar surface area (TPSA) is 104 Å². The van der Waals surface area contributed by atoms with Crippen molar-refractivity contribution in [1.29, 1.82) is 0 Å². The molecule has 0 atom stereocenters. The van der Waals surface area contributed by atoms with Crippen LogP contribution in [-0.2, 0) is 0 Å². The molecule has 258 valence electrons. The highest BCUT2D eigenvalue weighted by Gasteiger charge is 2.25. The molecule has 10 rings (SSSR count). The maximum atomic E-state index is 11.3. The fourth-order valence-electron chi connectivity index (χ4n) is 9.05. The van der Waals surface area contributed by atoms with E-state index in [2.05, 4.69) is 121 Å². The molecule has 0 amide bonds. The number of phenolic OH excluding ortho intramolecular Hbond substituents is 4. The maximum Gasteiger partial charge on any atom is 0.181 e. The van der Waals surface area contributed by atoms with Crippen LogP contribution in [-0.4, -0.2) is 76.6 Å². The summed E-state index contributed by atoms with van der Waals surface area (Å²) in [5.74, 6) is -1.39. The van der Waals surface area contributed by atoms with Gasteiger partial charge in [0.2, 0.25) is 0 Å². The van der Waals surface area contributed by atoms with Gasteiger partial charge in [-0.2, -0.15) is 0 Å². The minimum atomic E-state index is -0.477. The number of nitrogens with zero attached hydrogens (tertiary/aromatic N) is 2. The molecule has 0 aliphatic carbocycles. The largest absolute Gasteiger partial charge is 0.504 e. The third kappa shape index (κ3) is 4.41. The molecule has 0 aliphatic heterocycles. The van der Waals surface area contributed by atoms with Crippen LogP contribution in [0.3, 0.4) is 0 Å². The van der Waals surface area contributed by atoms with Gasteiger partial charge in [-0.25, -0.2) is 0 Å². The van der Waals surface area contributed by atoms with Crippen LogP contribution in [0, 0.1) is 0 Å². The summed E-state index contributed by atoms with van der Waals surface area (Å²) in [6.07, 6.45) is 0. The first-order valence-corrected chi connectivity index (χ1v) is 18.4. The summed E-state index contributed by atoms with van der Waals surface area (Å²) >= 11 is 0. The highest BCUT2D eigenvalue weighted by Crippen LogP contribution is 2.47. The van der Waals surface area contributed by atoms with Gasteiger partial charge in [-0.3, -0.25) is 0 Å². The summed E-state index contributed by atoms with van der Waals surface area (Å²) in [7, 11) is 13.0. The van der Waals surface area contributed by atoms with Gasteiger partial charge in [0.1, 0.15) is 47.1 Å². The zero-order valence-corrected chi connectivity index (χ0v) is 31.3. The number of hydrogen-bond donors (Lipinski definition) is 4. The third-order valence-electron chi connectivity index (χ3n) is 12.3. The summed E-state index contributed by atoms with van der Waals surface area (Å²) in [6, 6.07) is 32.8. The van der Waals surface area contributed by atoms with E-state index in [1.807, 2.05) is 20.0 Å². The number of fused-ring (bicyclic) bond motifs is 9. The van der Waals surface area contributed by atoms with Crippen LogP contribution in [0.5, 0.6) is 23.0 Å². The van der Waals surface area contributed by atoms with Crippen LogP contribution in [0.25, 0.3) is 88.1 Å². The van der Waals surface area contributed by atoms with Crippen molar-refractivity contribution in [3.63, 3.8) is 0 Å². The molecule has 0 saturated heterocycles. The van der Waals surface area contributed by atoms with Crippen molar-refractivity contribution in [2.45, 2.75) is 0 Å². The molecule has 7 nitrogen and oxygen atoms in total. The molecule has 3 heterocycles. The average Bonchev–Trinajstić information content (AvgIpc) is 3.86. The molecular formula is C42H32B6N2O5. The summed E-state index contributed by atoms with van der Waals surface area (Å²) in [5.41, 5.74) is 15.7. The van der Waals surface area contributed by atoms with Crippen molar-refractivity contribution in [2.75, 3.05) is 0 Å². The molecule has 0 radical (unpaired) electrons. The van der Waals surface area contributed by atoms with Gasteiger partial charge in [0, 0.05) is 50.4 Å². The van der Waals surface area contributed by atoms with Crippen LogP contribution in [0.4, 0.5) is 0 Å². The van der Waals surface area contributed by atoms with E-state index in [-0.39, 0.29) is 28.1 Å². The van der Waals surface area contributed by atoms with Crippen LogP contribution in [0.1, 0.15) is 0 Å². The first-order chi connectivity index (χ1) is 26.5. The Morgan fingerprint density at radius 3 is 1.49 bits per heavy atom. The highest BCUT2D eigenvalue weighted by molar-refractivity contribution is 6.68. The van der Waals surface area contributed by atoms with Gasteiger partial charge >= 0.3 is 0 Å². The minimum Gasteiger partial charge on any atom is -0.504 e. The van der Waals surface area contributed by atoms with E-state index in [1.54, 1.807) is 6.07 Å². The molecular weight excluding hydrogens is 677 g/mol. The minimum absolute atomic E-state index is 0.0119. The zero-order valence-electron chi connectivity index (χ0n) is 31.3. The summed E-state index contributed by atoms with van der Waals surface area (Å²) in [5, 5.41) is 48.2. The number of phenols is 4. The van der Waals surface area contributed by atoms with Crippen molar-refractivity contribution in [1.82, 2.24) is 9.13 Å². The molecule has 0 aliphatic rings. The van der Waals surface area contributed by atoms with E-state index in [0.717, 1.165) is 39.0 Å². The Morgan fingerprint density at radius 2 is 0.891 bits per heavy atom. The second-order valence-electron chi connectivity index (χ2n) is 15.0. The lowest BCUT2D eigenvalue weighted by atomic mass is 9.61. The first kappa shape index (κ1) is 33.1. The van der Waals surface area contributed by atoms with E-state index in [0.29, 0.717) is 16.5 Å². The number of furan rings is 1. The Bertz CT molecular complexity index is 3320. The van der Waals surface area contributed by atoms with Gasteiger partial charge < -0.3 is 34.0 Å². The van der Waals surface area contributed by atoms with Gasteiger partial charge in [0.25, 0.3) is 0 Å². The van der Waals surface area contributed by atoms with E-state index in [4.69, 9.17) is 4.42 Å². The molecule has 0 spiro atoms. The second kappa shape index (κ2) is 11.5. The number of benzene rings is 7. The van der Waals surface area contributed by atoms with Crippen molar-refractivity contribution < 1.29 is 24.8 Å². The number of aromatic nitrogens is 2. The lowest BCUT2D eigenvalue weighted by Gasteiger charge is -2.22. The third-order valence-corrected chi connectivity index (χ3v) is 12.3. The molecule has 10 aromatic rings. The SMILES string of the molecule is Bc1c(B)c(B)c(-n2c3ccccc3c3cc(-c4ccc5c(c4)c4ccccc4n5-c4cc(O)c5oc6c(O)cc(O)c(O)c6c5c4B)ccc32)c(B)c1B. The van der Waals surface area contributed by atoms with E-state index >= 15 is 0 Å². The van der Waals surface area contributed by atoms with E-state index in [9.17, 15) is 20.4 Å². The van der Waals surface area contributed by atoms with E-state index in [1.165, 1.54) is 54.8 Å². The zero-order chi connectivity index (χ0) is 38.2. The van der Waals surface area contributed by atoms with Gasteiger partial charge in [0.15, 0.2) is 34.2 Å². The maximum absolute atomic E-state index is 11.3.